The Balaban J connectivity index is 2.30. The Morgan fingerprint density at radius 2 is 1.46 bits per heavy atom. The maximum absolute atomic E-state index is 12.9. The highest BCUT2D eigenvalue weighted by atomic mass is 16.5. The first kappa shape index (κ1) is 19.6. The first-order valence-corrected chi connectivity index (χ1v) is 8.55. The Hall–Kier alpha value is -2.75. The van der Waals surface area contributed by atoms with E-state index in [4.69, 9.17) is 4.74 Å². The molecule has 0 aromatic heterocycles. The van der Waals surface area contributed by atoms with E-state index in [0.717, 1.165) is 0 Å². The summed E-state index contributed by atoms with van der Waals surface area (Å²) in [6, 6.07) is 15.3. The summed E-state index contributed by atoms with van der Waals surface area (Å²) in [5.41, 5.74) is 0.186. The van der Waals surface area contributed by atoms with E-state index in [-0.39, 0.29) is 23.8 Å². The third kappa shape index (κ3) is 4.66. The van der Waals surface area contributed by atoms with Gasteiger partial charge < -0.3 is 4.74 Å². The fraction of sp³-hybridized carbons (Fsp3) is 0.318. The minimum Gasteiger partial charge on any atom is -0.497 e. The molecule has 0 aliphatic rings. The van der Waals surface area contributed by atoms with Crippen LogP contribution in [0.1, 0.15) is 47.9 Å². The maximum Gasteiger partial charge on any atom is 0.173 e. The van der Waals surface area contributed by atoms with E-state index < -0.39 is 11.3 Å². The quantitative estimate of drug-likeness (QED) is 0.548. The summed E-state index contributed by atoms with van der Waals surface area (Å²) in [5, 5.41) is 0. The predicted octanol–water partition coefficient (Wildman–Crippen LogP) is 4.38. The molecule has 2 aromatic carbocycles. The molecule has 0 spiro atoms. The van der Waals surface area contributed by atoms with Gasteiger partial charge in [0, 0.05) is 23.0 Å². The van der Waals surface area contributed by atoms with Crippen molar-refractivity contribution in [2.45, 2.75) is 27.2 Å². The van der Waals surface area contributed by atoms with Crippen molar-refractivity contribution in [1.29, 1.82) is 0 Å². The van der Waals surface area contributed by atoms with Crippen LogP contribution in [0.15, 0.2) is 54.6 Å². The van der Waals surface area contributed by atoms with Gasteiger partial charge in [-0.25, -0.2) is 0 Å². The van der Waals surface area contributed by atoms with E-state index in [9.17, 15) is 14.4 Å². The molecule has 0 radical (unpaired) electrons. The summed E-state index contributed by atoms with van der Waals surface area (Å²) in [6.45, 7) is 5.29. The molecule has 1 unspecified atom stereocenters. The van der Waals surface area contributed by atoms with Crippen molar-refractivity contribution in [2.24, 2.45) is 11.3 Å². The number of carbonyl (C=O) groups is 3. The topological polar surface area (TPSA) is 60.4 Å². The summed E-state index contributed by atoms with van der Waals surface area (Å²) < 4.78 is 5.09. The second-order valence-corrected chi connectivity index (χ2v) is 7.25. The minimum absolute atomic E-state index is 0.143. The SMILES string of the molecule is COc1ccc(C(=O)CC(C(=O)c2ccccc2)C(=O)C(C)(C)C)cc1. The molecular formula is C22H24O4. The molecule has 1 atom stereocenters. The molecule has 0 saturated heterocycles. The molecule has 2 rings (SSSR count). The lowest BCUT2D eigenvalue weighted by molar-refractivity contribution is -0.128. The van der Waals surface area contributed by atoms with Gasteiger partial charge in [-0.15, -0.1) is 0 Å². The van der Waals surface area contributed by atoms with Crippen LogP contribution in [-0.2, 0) is 4.79 Å². The Morgan fingerprint density at radius 3 is 1.96 bits per heavy atom. The van der Waals surface area contributed by atoms with Crippen LogP contribution in [0.2, 0.25) is 0 Å². The molecule has 0 N–H and O–H groups in total. The smallest absolute Gasteiger partial charge is 0.173 e. The zero-order valence-electron chi connectivity index (χ0n) is 15.6. The fourth-order valence-electron chi connectivity index (χ4n) is 2.71. The van der Waals surface area contributed by atoms with Crippen LogP contribution in [0.3, 0.4) is 0 Å². The number of rotatable bonds is 7. The van der Waals surface area contributed by atoms with Crippen LogP contribution in [0, 0.1) is 11.3 Å². The Morgan fingerprint density at radius 1 is 0.885 bits per heavy atom. The van der Waals surface area contributed by atoms with Gasteiger partial charge >= 0.3 is 0 Å². The second kappa shape index (κ2) is 8.09. The Labute approximate surface area is 154 Å². The lowest BCUT2D eigenvalue weighted by atomic mass is 9.77. The molecule has 26 heavy (non-hydrogen) atoms. The van der Waals surface area contributed by atoms with Gasteiger partial charge in [0.25, 0.3) is 0 Å². The van der Waals surface area contributed by atoms with Crippen molar-refractivity contribution in [3.05, 3.63) is 65.7 Å². The lowest BCUT2D eigenvalue weighted by Crippen LogP contribution is -2.35. The molecule has 0 aliphatic heterocycles. The van der Waals surface area contributed by atoms with E-state index in [1.54, 1.807) is 82.5 Å². The van der Waals surface area contributed by atoms with Crippen LogP contribution < -0.4 is 4.74 Å². The number of methoxy groups -OCH3 is 1. The highest BCUT2D eigenvalue weighted by molar-refractivity contribution is 6.15. The van der Waals surface area contributed by atoms with Crippen molar-refractivity contribution in [3.8, 4) is 5.75 Å². The number of ether oxygens (including phenoxy) is 1. The summed E-state index contributed by atoms with van der Waals surface area (Å²) >= 11 is 0. The first-order chi connectivity index (χ1) is 12.2. The van der Waals surface area contributed by atoms with Gasteiger partial charge in [-0.05, 0) is 24.3 Å². The molecule has 136 valence electrons. The number of benzene rings is 2. The average molecular weight is 352 g/mol. The third-order valence-corrected chi connectivity index (χ3v) is 4.23. The normalized spacial score (nSPS) is 12.3. The number of ketones is 3. The lowest BCUT2D eigenvalue weighted by Gasteiger charge is -2.23. The van der Waals surface area contributed by atoms with Gasteiger partial charge in [-0.3, -0.25) is 14.4 Å². The number of Topliss-reactive ketones (excluding diaryl/α,β-unsaturated/α-hetero) is 3. The van der Waals surface area contributed by atoms with Crippen LogP contribution in [0.5, 0.6) is 5.75 Å². The monoisotopic (exact) mass is 352 g/mol. The van der Waals surface area contributed by atoms with Crippen LogP contribution >= 0.6 is 0 Å². The number of carbonyl (C=O) groups excluding carboxylic acids is 3. The van der Waals surface area contributed by atoms with Gasteiger partial charge in [-0.2, -0.15) is 0 Å². The minimum atomic E-state index is -0.994. The van der Waals surface area contributed by atoms with E-state index >= 15 is 0 Å². The summed E-state index contributed by atoms with van der Waals surface area (Å²) in [6.07, 6.45) is -0.143. The van der Waals surface area contributed by atoms with Crippen molar-refractivity contribution < 1.29 is 19.1 Å². The molecule has 0 aliphatic carbocycles. The molecule has 0 amide bonds. The molecule has 0 heterocycles. The molecular weight excluding hydrogens is 328 g/mol. The Bertz CT molecular complexity index is 783. The third-order valence-electron chi connectivity index (χ3n) is 4.23. The molecule has 0 saturated carbocycles. The van der Waals surface area contributed by atoms with Crippen LogP contribution in [-0.4, -0.2) is 24.5 Å². The zero-order chi connectivity index (χ0) is 19.3. The summed E-state index contributed by atoms with van der Waals surface area (Å²) in [5.74, 6) is -1.13. The molecule has 2 aromatic rings. The van der Waals surface area contributed by atoms with Gasteiger partial charge in [0.05, 0.1) is 13.0 Å². The molecule has 0 fully saturated rings. The summed E-state index contributed by atoms with van der Waals surface area (Å²) in [7, 11) is 1.55. The van der Waals surface area contributed by atoms with Gasteiger partial charge in [-0.1, -0.05) is 51.1 Å². The first-order valence-electron chi connectivity index (χ1n) is 8.55. The molecule has 0 bridgehead atoms. The van der Waals surface area contributed by atoms with Crippen molar-refractivity contribution in [1.82, 2.24) is 0 Å². The van der Waals surface area contributed by atoms with E-state index in [0.29, 0.717) is 16.9 Å². The van der Waals surface area contributed by atoms with Crippen molar-refractivity contribution in [2.75, 3.05) is 7.11 Å². The molecule has 4 nitrogen and oxygen atoms in total. The standard InChI is InChI=1S/C22H24O4/c1-22(2,3)21(25)18(20(24)16-8-6-5-7-9-16)14-19(23)15-10-12-17(26-4)13-11-15/h5-13,18H,14H2,1-4H3. The Kier molecular flexibility index (Phi) is 6.09. The largest absolute Gasteiger partial charge is 0.497 e. The average Bonchev–Trinajstić information content (AvgIpc) is 2.65. The van der Waals surface area contributed by atoms with E-state index in [2.05, 4.69) is 0 Å². The zero-order valence-corrected chi connectivity index (χ0v) is 15.6. The van der Waals surface area contributed by atoms with E-state index in [1.165, 1.54) is 0 Å². The maximum atomic E-state index is 12.9. The number of hydrogen-bond donors (Lipinski definition) is 0. The summed E-state index contributed by atoms with van der Waals surface area (Å²) in [4.78, 5) is 38.4. The van der Waals surface area contributed by atoms with E-state index in [1.807, 2.05) is 0 Å². The highest BCUT2D eigenvalue weighted by Gasteiger charge is 2.36. The second-order valence-electron chi connectivity index (χ2n) is 7.25. The fourth-order valence-corrected chi connectivity index (χ4v) is 2.71. The highest BCUT2D eigenvalue weighted by Crippen LogP contribution is 2.27. The van der Waals surface area contributed by atoms with Crippen molar-refractivity contribution in [3.63, 3.8) is 0 Å². The van der Waals surface area contributed by atoms with Gasteiger partial charge in [0.1, 0.15) is 11.5 Å². The predicted molar refractivity (Wildman–Crippen MR) is 101 cm³/mol. The molecule has 4 heteroatoms. The van der Waals surface area contributed by atoms with Crippen LogP contribution in [0.4, 0.5) is 0 Å². The van der Waals surface area contributed by atoms with Crippen molar-refractivity contribution >= 4 is 17.3 Å². The van der Waals surface area contributed by atoms with Crippen LogP contribution in [0.25, 0.3) is 0 Å². The van der Waals surface area contributed by atoms with Gasteiger partial charge in [0.2, 0.25) is 0 Å². The van der Waals surface area contributed by atoms with Gasteiger partial charge in [0.15, 0.2) is 11.6 Å². The number of hydrogen-bond acceptors (Lipinski definition) is 4.